The number of hydrogen-bond acceptors (Lipinski definition) is 5. The molecule has 0 saturated heterocycles. The van der Waals surface area contributed by atoms with E-state index in [2.05, 4.69) is 4.98 Å². The summed E-state index contributed by atoms with van der Waals surface area (Å²) in [5, 5.41) is 14.8. The van der Waals surface area contributed by atoms with Crippen molar-refractivity contribution in [3.63, 3.8) is 0 Å². The summed E-state index contributed by atoms with van der Waals surface area (Å²) in [6, 6.07) is 5.27. The van der Waals surface area contributed by atoms with Crippen LogP contribution in [0.2, 0.25) is 0 Å². The Morgan fingerprint density at radius 3 is 2.53 bits per heavy atom. The van der Waals surface area contributed by atoms with Gasteiger partial charge in [-0.05, 0) is 13.0 Å². The van der Waals surface area contributed by atoms with Gasteiger partial charge in [0, 0.05) is 12.1 Å². The lowest BCUT2D eigenvalue weighted by Crippen LogP contribution is -2.17. The van der Waals surface area contributed by atoms with Crippen molar-refractivity contribution in [2.24, 2.45) is 0 Å². The molecule has 0 saturated carbocycles. The van der Waals surface area contributed by atoms with Gasteiger partial charge in [-0.2, -0.15) is 0 Å². The zero-order chi connectivity index (χ0) is 11.7. The number of carbonyl (C=O) groups excluding carboxylic acids is 1. The highest BCUT2D eigenvalue weighted by molar-refractivity contribution is 5.85. The Bertz CT molecular complexity index is 310. The average Bonchev–Trinajstić information content (AvgIpc) is 2.19. The zero-order valence-corrected chi connectivity index (χ0v) is 8.00. The topological polar surface area (TPSA) is 107 Å². The second kappa shape index (κ2) is 7.25. The van der Waals surface area contributed by atoms with Crippen LogP contribution in [0.15, 0.2) is 24.4 Å². The van der Waals surface area contributed by atoms with Crippen molar-refractivity contribution in [3.8, 4) is 0 Å². The van der Waals surface area contributed by atoms with E-state index in [4.69, 9.17) is 20.1 Å². The zero-order valence-electron chi connectivity index (χ0n) is 8.00. The average molecular weight is 214 g/mol. The summed E-state index contributed by atoms with van der Waals surface area (Å²) in [6.45, 7) is 2.18. The molecule has 1 aromatic heterocycles. The number of aromatic amines is 1. The number of H-pyrrole nitrogens is 1. The molecule has 0 aromatic carbocycles. The van der Waals surface area contributed by atoms with Crippen LogP contribution in [-0.4, -0.2) is 17.7 Å². The molecule has 1 N–H and O–H groups in total. The second-order valence-corrected chi connectivity index (χ2v) is 2.22. The van der Waals surface area contributed by atoms with Crippen LogP contribution in [0.4, 0.5) is 0 Å². The van der Waals surface area contributed by atoms with Crippen LogP contribution < -0.4 is 4.98 Å². The van der Waals surface area contributed by atoms with Crippen molar-refractivity contribution in [1.29, 1.82) is 0 Å². The highest BCUT2D eigenvalue weighted by Crippen LogP contribution is 1.91. The lowest BCUT2D eigenvalue weighted by atomic mass is 10.4. The van der Waals surface area contributed by atoms with E-state index in [1.54, 1.807) is 25.3 Å². The number of pyridine rings is 1. The van der Waals surface area contributed by atoms with Crippen LogP contribution in [0.25, 0.3) is 0 Å². The molecule has 82 valence electrons. The molecule has 7 nitrogen and oxygen atoms in total. The van der Waals surface area contributed by atoms with Crippen LogP contribution in [0, 0.1) is 15.3 Å². The third kappa shape index (κ3) is 6.94. The predicted molar refractivity (Wildman–Crippen MR) is 49.3 cm³/mol. The first-order valence-electron chi connectivity index (χ1n) is 4.03. The Hall–Kier alpha value is -2.18. The largest absolute Gasteiger partial charge is 0.458 e. The van der Waals surface area contributed by atoms with Gasteiger partial charge in [0.05, 0.1) is 11.7 Å². The number of carbonyl (C=O) groups is 1. The van der Waals surface area contributed by atoms with E-state index >= 15 is 0 Å². The van der Waals surface area contributed by atoms with Gasteiger partial charge in [0.2, 0.25) is 0 Å². The van der Waals surface area contributed by atoms with E-state index < -0.39 is 5.09 Å². The molecule has 0 aliphatic rings. The van der Waals surface area contributed by atoms with Gasteiger partial charge in [0.25, 0.3) is 5.69 Å². The molecule has 0 radical (unpaired) electrons. The number of rotatable bonds is 2. The van der Waals surface area contributed by atoms with Crippen molar-refractivity contribution in [3.05, 3.63) is 45.4 Å². The van der Waals surface area contributed by atoms with Gasteiger partial charge in [-0.15, -0.1) is 0 Å². The van der Waals surface area contributed by atoms with Gasteiger partial charge < -0.3 is 20.1 Å². The third-order valence-corrected chi connectivity index (χ3v) is 1.20. The van der Waals surface area contributed by atoms with Crippen molar-refractivity contribution < 1.29 is 19.6 Å². The van der Waals surface area contributed by atoms with E-state index in [-0.39, 0.29) is 5.97 Å². The fourth-order valence-electron chi connectivity index (χ4n) is 0.729. The maximum absolute atomic E-state index is 11.0. The first-order valence-corrected chi connectivity index (χ1v) is 4.03. The second-order valence-electron chi connectivity index (χ2n) is 2.22. The van der Waals surface area contributed by atoms with Crippen LogP contribution in [0.1, 0.15) is 17.4 Å². The molecular formula is C8H10N2O5. The van der Waals surface area contributed by atoms with Gasteiger partial charge in [-0.25, -0.2) is 9.78 Å². The first-order chi connectivity index (χ1) is 7.07. The predicted octanol–water partition coefficient (Wildman–Crippen LogP) is 0.438. The Labute approximate surface area is 85.4 Å². The lowest BCUT2D eigenvalue weighted by molar-refractivity contribution is -0.402. The van der Waals surface area contributed by atoms with Crippen molar-refractivity contribution >= 4 is 5.97 Å². The van der Waals surface area contributed by atoms with Gasteiger partial charge in [-0.3, -0.25) is 0 Å². The molecule has 0 aliphatic heterocycles. The number of esters is 1. The summed E-state index contributed by atoms with van der Waals surface area (Å²) >= 11 is 0. The molecule has 1 heterocycles. The molecule has 15 heavy (non-hydrogen) atoms. The highest BCUT2D eigenvalue weighted by atomic mass is 16.9. The molecule has 0 bridgehead atoms. The van der Waals surface area contributed by atoms with Gasteiger partial charge in [0.1, 0.15) is 0 Å². The van der Waals surface area contributed by atoms with Crippen molar-refractivity contribution in [2.45, 2.75) is 6.92 Å². The summed E-state index contributed by atoms with van der Waals surface area (Å²) in [7, 11) is 0. The first kappa shape index (κ1) is 12.8. The molecule has 0 aliphatic carbocycles. The number of aromatic nitrogens is 1. The van der Waals surface area contributed by atoms with Gasteiger partial charge >= 0.3 is 5.97 Å². The quantitative estimate of drug-likeness (QED) is 0.403. The minimum Gasteiger partial charge on any atom is -0.458 e. The van der Waals surface area contributed by atoms with Crippen LogP contribution in [0.5, 0.6) is 0 Å². The maximum Gasteiger partial charge on any atom is 0.403 e. The number of ether oxygens (including phenoxy) is 1. The molecular weight excluding hydrogens is 204 g/mol. The van der Waals surface area contributed by atoms with Gasteiger partial charge in [-0.1, -0.05) is 0 Å². The summed E-state index contributed by atoms with van der Waals surface area (Å²) in [4.78, 5) is 22.0. The van der Waals surface area contributed by atoms with E-state index in [9.17, 15) is 4.79 Å². The fourth-order valence-corrected chi connectivity index (χ4v) is 0.729. The molecule has 0 fully saturated rings. The molecule has 0 amide bonds. The number of nitrogens with one attached hydrogen (secondary N) is 1. The Balaban J connectivity index is 0.000000423. The third-order valence-electron chi connectivity index (χ3n) is 1.20. The number of nitrogens with zero attached hydrogens (tertiary/aromatic N) is 1. The molecule has 1 rings (SSSR count). The van der Waals surface area contributed by atoms with E-state index in [0.717, 1.165) is 0 Å². The van der Waals surface area contributed by atoms with Crippen molar-refractivity contribution in [2.75, 3.05) is 6.61 Å². The summed E-state index contributed by atoms with van der Waals surface area (Å²) in [5.41, 5.74) is 0.481. The van der Waals surface area contributed by atoms with E-state index in [1.807, 2.05) is 6.07 Å². The maximum atomic E-state index is 11.0. The fraction of sp³-hybridized carbons (Fsp3) is 0.250. The SMILES string of the molecule is CCOC(=O)c1cccc[nH+]1.O=[N+]([O-])[O-]. The monoisotopic (exact) mass is 214 g/mol. The standard InChI is InChI=1S/C8H9NO2.NO3/c1-2-11-8(10)7-5-3-4-6-9-7;2-1(3)4/h3-6H,2H2,1H3;/q;-1/p+1. The normalized spacial score (nSPS) is 8.33. The van der Waals surface area contributed by atoms with Crippen LogP contribution >= 0.6 is 0 Å². The van der Waals surface area contributed by atoms with Crippen LogP contribution in [0.3, 0.4) is 0 Å². The van der Waals surface area contributed by atoms with Gasteiger partial charge in [0.15, 0.2) is 6.20 Å². The molecule has 0 unspecified atom stereocenters. The molecule has 1 aromatic rings. The smallest absolute Gasteiger partial charge is 0.403 e. The molecule has 0 atom stereocenters. The van der Waals surface area contributed by atoms with E-state index in [0.29, 0.717) is 12.3 Å². The summed E-state index contributed by atoms with van der Waals surface area (Å²) in [6.07, 6.45) is 1.69. The Morgan fingerprint density at radius 1 is 1.53 bits per heavy atom. The lowest BCUT2D eigenvalue weighted by Gasteiger charge is -1.94. The van der Waals surface area contributed by atoms with Crippen molar-refractivity contribution in [1.82, 2.24) is 0 Å². The molecule has 0 spiro atoms. The minimum atomic E-state index is -1.75. The minimum absolute atomic E-state index is 0.312. The Kier molecular flexibility index (Phi) is 6.19. The number of hydrogen-bond donors (Lipinski definition) is 0. The molecule has 7 heteroatoms. The van der Waals surface area contributed by atoms with Crippen LogP contribution in [-0.2, 0) is 4.74 Å². The van der Waals surface area contributed by atoms with E-state index in [1.165, 1.54) is 0 Å². The summed E-state index contributed by atoms with van der Waals surface area (Å²) < 4.78 is 4.76. The Morgan fingerprint density at radius 2 is 2.13 bits per heavy atom. The summed E-state index contributed by atoms with van der Waals surface area (Å²) in [5.74, 6) is -0.312. The highest BCUT2D eigenvalue weighted by Gasteiger charge is 2.11.